The van der Waals surface area contributed by atoms with Crippen LogP contribution in [-0.2, 0) is 25.9 Å². The highest BCUT2D eigenvalue weighted by molar-refractivity contribution is 14.0. The first-order valence-electron chi connectivity index (χ1n) is 8.09. The molecule has 0 radical (unpaired) electrons. The van der Waals surface area contributed by atoms with Crippen molar-refractivity contribution in [3.63, 3.8) is 0 Å². The van der Waals surface area contributed by atoms with Crippen LogP contribution in [0.4, 0.5) is 0 Å². The third-order valence-electron chi connectivity index (χ3n) is 3.65. The number of rotatable bonds is 8. The van der Waals surface area contributed by atoms with Crippen molar-refractivity contribution in [3.05, 3.63) is 29.3 Å². The predicted molar refractivity (Wildman–Crippen MR) is 114 cm³/mol. The van der Waals surface area contributed by atoms with Crippen LogP contribution in [-0.4, -0.2) is 47.3 Å². The molecule has 0 aromatic heterocycles. The quantitative estimate of drug-likeness (QED) is 0.188. The molecule has 0 saturated heterocycles. The number of benzene rings is 1. The number of carbonyl (C=O) groups is 1. The van der Waals surface area contributed by atoms with Gasteiger partial charge in [-0.3, -0.25) is 9.79 Å². The minimum Gasteiger partial charge on any atom is -0.469 e. The Labute approximate surface area is 172 Å². The second kappa shape index (κ2) is 12.1. The number of aryl methyl sites for hydroxylation is 1. The Morgan fingerprint density at radius 2 is 1.92 bits per heavy atom. The zero-order chi connectivity index (χ0) is 18.9. The molecule has 1 rings (SSSR count). The maximum atomic E-state index is 11.6. The number of nitrogens with one attached hydrogen (secondary N) is 2. The summed E-state index contributed by atoms with van der Waals surface area (Å²) in [6.07, 6.45) is 3.20. The molecule has 0 atom stereocenters. The molecule has 0 spiro atoms. The first kappa shape index (κ1) is 24.6. The molecule has 0 amide bonds. The third-order valence-corrected chi connectivity index (χ3v) is 4.91. The molecule has 26 heavy (non-hydrogen) atoms. The van der Waals surface area contributed by atoms with E-state index < -0.39 is 9.84 Å². The maximum Gasteiger partial charge on any atom is 0.305 e. The van der Waals surface area contributed by atoms with Crippen LogP contribution >= 0.6 is 24.0 Å². The lowest BCUT2D eigenvalue weighted by molar-refractivity contribution is -0.140. The molecule has 0 bridgehead atoms. The minimum atomic E-state index is -3.20. The fourth-order valence-electron chi connectivity index (χ4n) is 2.35. The Kier molecular flexibility index (Phi) is 11.5. The summed E-state index contributed by atoms with van der Waals surface area (Å²) in [5, 5.41) is 6.35. The monoisotopic (exact) mass is 497 g/mol. The zero-order valence-electron chi connectivity index (χ0n) is 15.7. The van der Waals surface area contributed by atoms with Crippen molar-refractivity contribution in [2.75, 3.05) is 27.0 Å². The van der Waals surface area contributed by atoms with E-state index in [2.05, 4.69) is 20.4 Å². The summed E-state index contributed by atoms with van der Waals surface area (Å²) in [5.41, 5.74) is 1.70. The number of hydrogen-bond acceptors (Lipinski definition) is 5. The van der Waals surface area contributed by atoms with Crippen molar-refractivity contribution in [3.8, 4) is 0 Å². The van der Waals surface area contributed by atoms with Crippen LogP contribution in [0.25, 0.3) is 0 Å². The maximum absolute atomic E-state index is 11.6. The molecule has 148 valence electrons. The van der Waals surface area contributed by atoms with E-state index in [0.29, 0.717) is 30.4 Å². The molecule has 0 aliphatic rings. The van der Waals surface area contributed by atoms with Crippen LogP contribution in [0.1, 0.15) is 30.4 Å². The highest BCUT2D eigenvalue weighted by Crippen LogP contribution is 2.16. The topological polar surface area (TPSA) is 96.9 Å². The van der Waals surface area contributed by atoms with Crippen molar-refractivity contribution in [1.29, 1.82) is 0 Å². The number of ether oxygens (including phenoxy) is 1. The van der Waals surface area contributed by atoms with Gasteiger partial charge in [-0.2, -0.15) is 0 Å². The molecule has 7 nitrogen and oxygen atoms in total. The average molecular weight is 497 g/mol. The number of aliphatic imine (C=N–C) groups is 1. The van der Waals surface area contributed by atoms with Gasteiger partial charge in [0.05, 0.1) is 12.0 Å². The molecule has 0 aliphatic heterocycles. The van der Waals surface area contributed by atoms with Gasteiger partial charge in [-0.1, -0.05) is 12.1 Å². The molecule has 9 heteroatoms. The summed E-state index contributed by atoms with van der Waals surface area (Å²) >= 11 is 0. The fraction of sp³-hybridized carbons (Fsp3) is 0.529. The first-order valence-corrected chi connectivity index (χ1v) is 9.98. The number of nitrogens with zero attached hydrogens (tertiary/aromatic N) is 1. The third kappa shape index (κ3) is 8.84. The number of guanidine groups is 1. The first-order chi connectivity index (χ1) is 11.8. The molecule has 0 aliphatic carbocycles. The standard InChI is InChI=1S/C17H27N3O4S.HI/c1-13-11-14(8-9-15(13)25(4,22)23)12-20-17(18-2)19-10-6-5-7-16(21)24-3;/h8-9,11H,5-7,10,12H2,1-4H3,(H2,18,19,20);1H. The zero-order valence-corrected chi connectivity index (χ0v) is 18.8. The van der Waals surface area contributed by atoms with Crippen LogP contribution in [0.15, 0.2) is 28.1 Å². The second-order valence-corrected chi connectivity index (χ2v) is 7.74. The van der Waals surface area contributed by atoms with Crippen LogP contribution in [0, 0.1) is 6.92 Å². The molecular formula is C17H28IN3O4S. The Morgan fingerprint density at radius 1 is 1.23 bits per heavy atom. The lowest BCUT2D eigenvalue weighted by Gasteiger charge is -2.13. The van der Waals surface area contributed by atoms with Gasteiger partial charge in [0.15, 0.2) is 15.8 Å². The van der Waals surface area contributed by atoms with Gasteiger partial charge in [-0.15, -0.1) is 24.0 Å². The highest BCUT2D eigenvalue weighted by Gasteiger charge is 2.10. The summed E-state index contributed by atoms with van der Waals surface area (Å²) in [4.78, 5) is 15.5. The van der Waals surface area contributed by atoms with Crippen LogP contribution in [0.3, 0.4) is 0 Å². The molecular weight excluding hydrogens is 469 g/mol. The molecule has 1 aromatic rings. The summed E-state index contributed by atoms with van der Waals surface area (Å²) in [6.45, 7) is 3.02. The summed E-state index contributed by atoms with van der Waals surface area (Å²) < 4.78 is 27.9. The highest BCUT2D eigenvalue weighted by atomic mass is 127. The molecule has 0 saturated carbocycles. The molecule has 0 fully saturated rings. The van der Waals surface area contributed by atoms with Crippen molar-refractivity contribution in [2.45, 2.75) is 37.6 Å². The Bertz CT molecular complexity index is 721. The Balaban J connectivity index is 0.00000625. The van der Waals surface area contributed by atoms with Gasteiger partial charge < -0.3 is 15.4 Å². The number of sulfone groups is 1. The van der Waals surface area contributed by atoms with E-state index in [9.17, 15) is 13.2 Å². The summed E-state index contributed by atoms with van der Waals surface area (Å²) in [6, 6.07) is 5.28. The van der Waals surface area contributed by atoms with Crippen LogP contribution in [0.5, 0.6) is 0 Å². The molecule has 0 unspecified atom stereocenters. The van der Waals surface area contributed by atoms with E-state index in [1.807, 2.05) is 6.07 Å². The Hall–Kier alpha value is -1.36. The summed E-state index contributed by atoms with van der Waals surface area (Å²) in [5.74, 6) is 0.457. The van der Waals surface area contributed by atoms with Gasteiger partial charge in [-0.25, -0.2) is 8.42 Å². The van der Waals surface area contributed by atoms with Crippen LogP contribution in [0.2, 0.25) is 0 Å². The van der Waals surface area contributed by atoms with E-state index in [-0.39, 0.29) is 29.9 Å². The normalized spacial score (nSPS) is 11.5. The van der Waals surface area contributed by atoms with Gasteiger partial charge in [0.2, 0.25) is 0 Å². The van der Waals surface area contributed by atoms with E-state index in [0.717, 1.165) is 24.0 Å². The smallest absolute Gasteiger partial charge is 0.305 e. The van der Waals surface area contributed by atoms with Crippen molar-refractivity contribution >= 4 is 45.7 Å². The SMILES string of the molecule is CN=C(NCCCCC(=O)OC)NCc1ccc(S(C)(=O)=O)c(C)c1.I. The Morgan fingerprint density at radius 3 is 2.46 bits per heavy atom. The lowest BCUT2D eigenvalue weighted by Crippen LogP contribution is -2.37. The number of methoxy groups -OCH3 is 1. The van der Waals surface area contributed by atoms with Gasteiger partial charge >= 0.3 is 5.97 Å². The number of carbonyl (C=O) groups excluding carboxylic acids is 1. The van der Waals surface area contributed by atoms with Gasteiger partial charge in [0, 0.05) is 32.8 Å². The van der Waals surface area contributed by atoms with E-state index in [4.69, 9.17) is 0 Å². The van der Waals surface area contributed by atoms with Gasteiger partial charge in [-0.05, 0) is 37.0 Å². The van der Waals surface area contributed by atoms with E-state index in [1.165, 1.54) is 13.4 Å². The predicted octanol–water partition coefficient (Wildman–Crippen LogP) is 2.02. The van der Waals surface area contributed by atoms with Crippen LogP contribution < -0.4 is 10.6 Å². The summed E-state index contributed by atoms with van der Waals surface area (Å²) in [7, 11) is -0.133. The largest absolute Gasteiger partial charge is 0.469 e. The number of esters is 1. The van der Waals surface area contributed by atoms with Crippen molar-refractivity contribution in [2.24, 2.45) is 4.99 Å². The number of halogens is 1. The fourth-order valence-corrected chi connectivity index (χ4v) is 3.31. The van der Waals surface area contributed by atoms with Crippen molar-refractivity contribution in [1.82, 2.24) is 10.6 Å². The molecule has 2 N–H and O–H groups in total. The number of unbranched alkanes of at least 4 members (excludes halogenated alkanes) is 1. The minimum absolute atomic E-state index is 0. The van der Waals surface area contributed by atoms with E-state index >= 15 is 0 Å². The lowest BCUT2D eigenvalue weighted by atomic mass is 10.1. The average Bonchev–Trinajstić information content (AvgIpc) is 2.55. The van der Waals surface area contributed by atoms with Crippen molar-refractivity contribution < 1.29 is 17.9 Å². The molecule has 1 aromatic carbocycles. The van der Waals surface area contributed by atoms with Gasteiger partial charge in [0.25, 0.3) is 0 Å². The molecule has 0 heterocycles. The van der Waals surface area contributed by atoms with E-state index in [1.54, 1.807) is 26.1 Å². The number of hydrogen-bond donors (Lipinski definition) is 2. The second-order valence-electron chi connectivity index (χ2n) is 5.76. The van der Waals surface area contributed by atoms with Gasteiger partial charge in [0.1, 0.15) is 0 Å².